The van der Waals surface area contributed by atoms with Crippen molar-refractivity contribution in [2.45, 2.75) is 13.0 Å². The standard InChI is InChI=1S/C22H21N3O3/c1-27-18-8-6-16(7-9-18)10-11-24-12-13-25-21(22(24)26)15-20(23-25)17-4-3-5-19(14-17)28-2/h3-9,12-15H,10-11H2,1-2H3. The lowest BCUT2D eigenvalue weighted by molar-refractivity contribution is 0.414. The number of hydrogen-bond acceptors (Lipinski definition) is 4. The van der Waals surface area contributed by atoms with Crippen LogP contribution in [0.5, 0.6) is 11.5 Å². The van der Waals surface area contributed by atoms with Gasteiger partial charge in [-0.2, -0.15) is 5.10 Å². The maximum absolute atomic E-state index is 12.9. The Labute approximate surface area is 162 Å². The minimum Gasteiger partial charge on any atom is -0.497 e. The fourth-order valence-corrected chi connectivity index (χ4v) is 3.17. The maximum atomic E-state index is 12.9. The first-order valence-electron chi connectivity index (χ1n) is 9.04. The van der Waals surface area contributed by atoms with Gasteiger partial charge in [-0.25, -0.2) is 4.52 Å². The highest BCUT2D eigenvalue weighted by molar-refractivity contribution is 5.66. The first kappa shape index (κ1) is 17.9. The average Bonchev–Trinajstić information content (AvgIpc) is 3.19. The third-order valence-electron chi connectivity index (χ3n) is 4.77. The Morgan fingerprint density at radius 3 is 2.46 bits per heavy atom. The molecule has 0 radical (unpaired) electrons. The predicted octanol–water partition coefficient (Wildman–Crippen LogP) is 3.42. The molecule has 0 aliphatic rings. The molecule has 4 aromatic rings. The summed E-state index contributed by atoms with van der Waals surface area (Å²) in [5.41, 5.74) is 3.29. The molecule has 0 unspecified atom stereocenters. The van der Waals surface area contributed by atoms with E-state index in [-0.39, 0.29) is 5.56 Å². The lowest BCUT2D eigenvalue weighted by atomic mass is 10.1. The molecule has 0 amide bonds. The van der Waals surface area contributed by atoms with Gasteiger partial charge in [0.2, 0.25) is 0 Å². The van der Waals surface area contributed by atoms with Crippen LogP contribution in [-0.4, -0.2) is 28.4 Å². The predicted molar refractivity (Wildman–Crippen MR) is 108 cm³/mol. The van der Waals surface area contributed by atoms with Gasteiger partial charge in [-0.1, -0.05) is 24.3 Å². The van der Waals surface area contributed by atoms with Crippen LogP contribution < -0.4 is 15.0 Å². The number of aromatic nitrogens is 3. The smallest absolute Gasteiger partial charge is 0.276 e. The van der Waals surface area contributed by atoms with E-state index in [9.17, 15) is 4.79 Å². The zero-order valence-corrected chi connectivity index (χ0v) is 15.8. The Bertz CT molecular complexity index is 1160. The average molecular weight is 375 g/mol. The number of ether oxygens (including phenoxy) is 2. The molecule has 0 spiro atoms. The summed E-state index contributed by atoms with van der Waals surface area (Å²) in [5, 5.41) is 4.53. The quantitative estimate of drug-likeness (QED) is 0.518. The van der Waals surface area contributed by atoms with Crippen LogP contribution in [0.15, 0.2) is 71.8 Å². The highest BCUT2D eigenvalue weighted by atomic mass is 16.5. The van der Waals surface area contributed by atoms with Gasteiger partial charge < -0.3 is 14.0 Å². The van der Waals surface area contributed by atoms with Crippen molar-refractivity contribution >= 4 is 5.52 Å². The largest absolute Gasteiger partial charge is 0.497 e. The van der Waals surface area contributed by atoms with Crippen LogP contribution in [-0.2, 0) is 13.0 Å². The van der Waals surface area contributed by atoms with E-state index in [0.717, 1.165) is 34.7 Å². The van der Waals surface area contributed by atoms with Crippen LogP contribution >= 0.6 is 0 Å². The number of aryl methyl sites for hydroxylation is 2. The second-order valence-corrected chi connectivity index (χ2v) is 6.49. The first-order chi connectivity index (χ1) is 13.7. The number of nitrogens with zero attached hydrogens (tertiary/aromatic N) is 3. The highest BCUT2D eigenvalue weighted by Gasteiger charge is 2.10. The highest BCUT2D eigenvalue weighted by Crippen LogP contribution is 2.23. The lowest BCUT2D eigenvalue weighted by Gasteiger charge is -2.07. The first-order valence-corrected chi connectivity index (χ1v) is 9.04. The van der Waals surface area contributed by atoms with Crippen LogP contribution in [0, 0.1) is 0 Å². The van der Waals surface area contributed by atoms with Gasteiger partial charge in [0.1, 0.15) is 17.0 Å². The molecule has 0 aliphatic carbocycles. The molecular weight excluding hydrogens is 354 g/mol. The van der Waals surface area contributed by atoms with E-state index in [2.05, 4.69) is 5.10 Å². The molecule has 0 bridgehead atoms. The molecule has 6 nitrogen and oxygen atoms in total. The van der Waals surface area contributed by atoms with Crippen molar-refractivity contribution in [2.75, 3.05) is 14.2 Å². The third-order valence-corrected chi connectivity index (χ3v) is 4.77. The minimum absolute atomic E-state index is 0.0577. The normalized spacial score (nSPS) is 10.9. The van der Waals surface area contributed by atoms with E-state index in [1.807, 2.05) is 60.8 Å². The molecule has 142 valence electrons. The number of benzene rings is 2. The van der Waals surface area contributed by atoms with Crippen molar-refractivity contribution in [3.05, 3.63) is 82.9 Å². The molecule has 0 aliphatic heterocycles. The number of hydrogen-bond donors (Lipinski definition) is 0. The summed E-state index contributed by atoms with van der Waals surface area (Å²) in [6.45, 7) is 0.599. The molecule has 28 heavy (non-hydrogen) atoms. The summed E-state index contributed by atoms with van der Waals surface area (Å²) < 4.78 is 13.8. The second kappa shape index (κ2) is 7.60. The zero-order valence-electron chi connectivity index (χ0n) is 15.8. The number of methoxy groups -OCH3 is 2. The number of rotatable bonds is 6. The van der Waals surface area contributed by atoms with Gasteiger partial charge in [0.15, 0.2) is 0 Å². The van der Waals surface area contributed by atoms with Gasteiger partial charge in [-0.3, -0.25) is 4.79 Å². The van der Waals surface area contributed by atoms with Gasteiger partial charge in [-0.15, -0.1) is 0 Å². The van der Waals surface area contributed by atoms with Crippen LogP contribution in [0.3, 0.4) is 0 Å². The van der Waals surface area contributed by atoms with E-state index in [1.165, 1.54) is 0 Å². The van der Waals surface area contributed by atoms with Crippen molar-refractivity contribution in [2.24, 2.45) is 0 Å². The van der Waals surface area contributed by atoms with Crippen LogP contribution in [0.4, 0.5) is 0 Å². The van der Waals surface area contributed by atoms with Gasteiger partial charge in [0.05, 0.1) is 19.9 Å². The van der Waals surface area contributed by atoms with Crippen molar-refractivity contribution in [1.29, 1.82) is 0 Å². The Hall–Kier alpha value is -3.54. The maximum Gasteiger partial charge on any atom is 0.276 e. The molecule has 0 atom stereocenters. The second-order valence-electron chi connectivity index (χ2n) is 6.49. The summed E-state index contributed by atoms with van der Waals surface area (Å²) in [7, 11) is 3.28. The summed E-state index contributed by atoms with van der Waals surface area (Å²) >= 11 is 0. The molecule has 2 heterocycles. The Kier molecular flexibility index (Phi) is 4.85. The van der Waals surface area contributed by atoms with Gasteiger partial charge in [0.25, 0.3) is 5.56 Å². The summed E-state index contributed by atoms with van der Waals surface area (Å²) in [6, 6.07) is 17.4. The summed E-state index contributed by atoms with van der Waals surface area (Å²) in [6.07, 6.45) is 4.35. The van der Waals surface area contributed by atoms with Crippen LogP contribution in [0.1, 0.15) is 5.56 Å². The van der Waals surface area contributed by atoms with Crippen LogP contribution in [0.25, 0.3) is 16.8 Å². The molecule has 6 heteroatoms. The van der Waals surface area contributed by atoms with Crippen molar-refractivity contribution in [3.63, 3.8) is 0 Å². The minimum atomic E-state index is -0.0577. The van der Waals surface area contributed by atoms with Gasteiger partial charge >= 0.3 is 0 Å². The van der Waals surface area contributed by atoms with Crippen molar-refractivity contribution in [3.8, 4) is 22.8 Å². The van der Waals surface area contributed by atoms with E-state index in [1.54, 1.807) is 29.5 Å². The van der Waals surface area contributed by atoms with E-state index in [4.69, 9.17) is 9.47 Å². The molecule has 4 rings (SSSR count). The fraction of sp³-hybridized carbons (Fsp3) is 0.182. The zero-order chi connectivity index (χ0) is 19.5. The molecule has 2 aromatic heterocycles. The van der Waals surface area contributed by atoms with Crippen molar-refractivity contribution < 1.29 is 9.47 Å². The Morgan fingerprint density at radius 2 is 1.71 bits per heavy atom. The molecule has 0 fully saturated rings. The Morgan fingerprint density at radius 1 is 0.929 bits per heavy atom. The van der Waals surface area contributed by atoms with E-state index >= 15 is 0 Å². The van der Waals surface area contributed by atoms with Gasteiger partial charge in [0, 0.05) is 24.5 Å². The Balaban J connectivity index is 1.60. The lowest BCUT2D eigenvalue weighted by Crippen LogP contribution is -2.22. The molecule has 0 N–H and O–H groups in total. The molecule has 0 saturated carbocycles. The fourth-order valence-electron chi connectivity index (χ4n) is 3.17. The van der Waals surface area contributed by atoms with E-state index in [0.29, 0.717) is 12.1 Å². The molecular formula is C22H21N3O3. The van der Waals surface area contributed by atoms with Crippen LogP contribution in [0.2, 0.25) is 0 Å². The molecule has 0 saturated heterocycles. The van der Waals surface area contributed by atoms with Crippen molar-refractivity contribution in [1.82, 2.24) is 14.2 Å². The van der Waals surface area contributed by atoms with E-state index < -0.39 is 0 Å². The summed E-state index contributed by atoms with van der Waals surface area (Å²) in [4.78, 5) is 12.9. The monoisotopic (exact) mass is 375 g/mol. The molecule has 2 aromatic carbocycles. The van der Waals surface area contributed by atoms with Gasteiger partial charge in [-0.05, 0) is 42.3 Å². The topological polar surface area (TPSA) is 57.8 Å². The summed E-state index contributed by atoms with van der Waals surface area (Å²) in [5.74, 6) is 1.58. The number of fused-ring (bicyclic) bond motifs is 1. The third kappa shape index (κ3) is 3.49. The SMILES string of the molecule is COc1ccc(CCn2ccn3nc(-c4cccc(OC)c4)cc3c2=O)cc1.